The van der Waals surface area contributed by atoms with E-state index in [0.717, 1.165) is 31.2 Å². The van der Waals surface area contributed by atoms with E-state index in [1.165, 1.54) is 10.9 Å². The lowest BCUT2D eigenvalue weighted by Crippen LogP contribution is -2.17. The maximum atomic E-state index is 13.6. The van der Waals surface area contributed by atoms with E-state index in [1.807, 2.05) is 0 Å². The summed E-state index contributed by atoms with van der Waals surface area (Å²) in [6.45, 7) is 3.41. The SMILES string of the molecule is CCCNCc1cnnn1-c1cc(F)ccc1F. The van der Waals surface area contributed by atoms with Gasteiger partial charge in [-0.25, -0.2) is 13.5 Å². The van der Waals surface area contributed by atoms with Crippen LogP contribution in [0, 0.1) is 11.6 Å². The predicted octanol–water partition coefficient (Wildman–Crippen LogP) is 2.05. The minimum absolute atomic E-state index is 0.0702. The van der Waals surface area contributed by atoms with Crippen molar-refractivity contribution in [3.63, 3.8) is 0 Å². The van der Waals surface area contributed by atoms with E-state index >= 15 is 0 Å². The first-order chi connectivity index (χ1) is 8.72. The lowest BCUT2D eigenvalue weighted by atomic mass is 10.3. The number of rotatable bonds is 5. The van der Waals surface area contributed by atoms with Gasteiger partial charge in [-0.3, -0.25) is 0 Å². The molecule has 1 aromatic heterocycles. The molecule has 1 aromatic carbocycles. The maximum Gasteiger partial charge on any atom is 0.149 e. The molecular formula is C12H14F2N4. The number of halogens is 2. The monoisotopic (exact) mass is 252 g/mol. The molecule has 0 unspecified atom stereocenters. The minimum atomic E-state index is -0.529. The molecule has 2 rings (SSSR count). The second kappa shape index (κ2) is 5.68. The Morgan fingerprint density at radius 1 is 1.33 bits per heavy atom. The Balaban J connectivity index is 2.27. The fourth-order valence-corrected chi connectivity index (χ4v) is 1.62. The van der Waals surface area contributed by atoms with Gasteiger partial charge in [-0.05, 0) is 25.1 Å². The summed E-state index contributed by atoms with van der Waals surface area (Å²) < 4.78 is 28.1. The number of aromatic nitrogens is 3. The highest BCUT2D eigenvalue weighted by atomic mass is 19.1. The number of hydrogen-bond donors (Lipinski definition) is 1. The fraction of sp³-hybridized carbons (Fsp3) is 0.333. The fourth-order valence-electron chi connectivity index (χ4n) is 1.62. The van der Waals surface area contributed by atoms with Gasteiger partial charge in [0.15, 0.2) is 0 Å². The zero-order chi connectivity index (χ0) is 13.0. The van der Waals surface area contributed by atoms with E-state index in [2.05, 4.69) is 22.6 Å². The van der Waals surface area contributed by atoms with Gasteiger partial charge in [-0.15, -0.1) is 5.10 Å². The zero-order valence-corrected chi connectivity index (χ0v) is 10.0. The first-order valence-electron chi connectivity index (χ1n) is 5.78. The van der Waals surface area contributed by atoms with Crippen LogP contribution in [0.1, 0.15) is 19.0 Å². The smallest absolute Gasteiger partial charge is 0.149 e. The van der Waals surface area contributed by atoms with Crippen molar-refractivity contribution in [2.45, 2.75) is 19.9 Å². The molecule has 0 spiro atoms. The second-order valence-corrected chi connectivity index (χ2v) is 3.91. The van der Waals surface area contributed by atoms with Gasteiger partial charge < -0.3 is 5.32 Å². The molecule has 0 atom stereocenters. The van der Waals surface area contributed by atoms with Crippen molar-refractivity contribution in [2.75, 3.05) is 6.54 Å². The number of nitrogens with one attached hydrogen (secondary N) is 1. The Labute approximate surface area is 104 Å². The second-order valence-electron chi connectivity index (χ2n) is 3.91. The summed E-state index contributed by atoms with van der Waals surface area (Å²) in [5, 5.41) is 10.7. The van der Waals surface area contributed by atoms with E-state index in [9.17, 15) is 8.78 Å². The summed E-state index contributed by atoms with van der Waals surface area (Å²) in [5.41, 5.74) is 0.758. The molecule has 0 aliphatic heterocycles. The van der Waals surface area contributed by atoms with Gasteiger partial charge in [0.1, 0.15) is 17.3 Å². The van der Waals surface area contributed by atoms with Crippen molar-refractivity contribution in [3.8, 4) is 5.69 Å². The molecule has 0 radical (unpaired) electrons. The summed E-state index contributed by atoms with van der Waals surface area (Å²) in [7, 11) is 0. The molecule has 96 valence electrons. The topological polar surface area (TPSA) is 42.7 Å². The Bertz CT molecular complexity index is 525. The highest BCUT2D eigenvalue weighted by molar-refractivity contribution is 5.34. The number of nitrogens with zero attached hydrogens (tertiary/aromatic N) is 3. The molecule has 0 bridgehead atoms. The zero-order valence-electron chi connectivity index (χ0n) is 10.0. The summed E-state index contributed by atoms with van der Waals surface area (Å²) >= 11 is 0. The van der Waals surface area contributed by atoms with E-state index in [-0.39, 0.29) is 5.69 Å². The van der Waals surface area contributed by atoms with Crippen molar-refractivity contribution >= 4 is 0 Å². The molecular weight excluding hydrogens is 238 g/mol. The van der Waals surface area contributed by atoms with Crippen LogP contribution in [0.2, 0.25) is 0 Å². The quantitative estimate of drug-likeness (QED) is 0.828. The third-order valence-corrected chi connectivity index (χ3v) is 2.49. The molecule has 2 aromatic rings. The molecule has 0 amide bonds. The van der Waals surface area contributed by atoms with Crippen molar-refractivity contribution in [1.82, 2.24) is 20.3 Å². The highest BCUT2D eigenvalue weighted by Gasteiger charge is 2.11. The van der Waals surface area contributed by atoms with Gasteiger partial charge in [0, 0.05) is 12.6 Å². The van der Waals surface area contributed by atoms with Crippen LogP contribution >= 0.6 is 0 Å². The number of hydrogen-bond acceptors (Lipinski definition) is 3. The van der Waals surface area contributed by atoms with E-state index in [4.69, 9.17) is 0 Å². The lowest BCUT2D eigenvalue weighted by Gasteiger charge is -2.08. The Kier molecular flexibility index (Phi) is 3.99. The maximum absolute atomic E-state index is 13.6. The first kappa shape index (κ1) is 12.6. The number of benzene rings is 1. The highest BCUT2D eigenvalue weighted by Crippen LogP contribution is 2.15. The van der Waals surface area contributed by atoms with Gasteiger partial charge in [0.2, 0.25) is 0 Å². The molecule has 6 heteroatoms. The van der Waals surface area contributed by atoms with Gasteiger partial charge in [0.25, 0.3) is 0 Å². The largest absolute Gasteiger partial charge is 0.311 e. The summed E-state index contributed by atoms with van der Waals surface area (Å²) in [4.78, 5) is 0. The van der Waals surface area contributed by atoms with Gasteiger partial charge in [-0.1, -0.05) is 12.1 Å². The molecule has 1 heterocycles. The average molecular weight is 252 g/mol. The predicted molar refractivity (Wildman–Crippen MR) is 63.3 cm³/mol. The third-order valence-electron chi connectivity index (χ3n) is 2.49. The van der Waals surface area contributed by atoms with Crippen molar-refractivity contribution < 1.29 is 8.78 Å². The molecule has 0 aliphatic rings. The molecule has 18 heavy (non-hydrogen) atoms. The summed E-state index contributed by atoms with van der Waals surface area (Å²) in [6.07, 6.45) is 2.53. The van der Waals surface area contributed by atoms with Crippen LogP contribution in [0.3, 0.4) is 0 Å². The van der Waals surface area contributed by atoms with Crippen LogP contribution in [-0.2, 0) is 6.54 Å². The Morgan fingerprint density at radius 2 is 2.17 bits per heavy atom. The molecule has 0 fully saturated rings. The van der Waals surface area contributed by atoms with Crippen molar-refractivity contribution in [3.05, 3.63) is 41.7 Å². The van der Waals surface area contributed by atoms with Crippen LogP contribution in [-0.4, -0.2) is 21.5 Å². The van der Waals surface area contributed by atoms with Crippen LogP contribution in [0.4, 0.5) is 8.78 Å². The molecule has 4 nitrogen and oxygen atoms in total. The van der Waals surface area contributed by atoms with Gasteiger partial charge >= 0.3 is 0 Å². The molecule has 1 N–H and O–H groups in total. The van der Waals surface area contributed by atoms with Gasteiger partial charge in [-0.2, -0.15) is 0 Å². The van der Waals surface area contributed by atoms with Crippen LogP contribution in [0.15, 0.2) is 24.4 Å². The Hall–Kier alpha value is -1.82. The third kappa shape index (κ3) is 2.70. The molecule has 0 saturated heterocycles. The standard InChI is InChI=1S/C12H14F2N4/c1-2-5-15-7-10-8-16-17-18(10)12-6-9(13)3-4-11(12)14/h3-4,6,8,15H,2,5,7H2,1H3. The average Bonchev–Trinajstić information content (AvgIpc) is 2.81. The normalized spacial score (nSPS) is 10.8. The van der Waals surface area contributed by atoms with Crippen molar-refractivity contribution in [2.24, 2.45) is 0 Å². The van der Waals surface area contributed by atoms with Gasteiger partial charge in [0.05, 0.1) is 11.9 Å². The van der Waals surface area contributed by atoms with E-state index in [0.29, 0.717) is 12.2 Å². The minimum Gasteiger partial charge on any atom is -0.311 e. The summed E-state index contributed by atoms with van der Waals surface area (Å²) in [5.74, 6) is -1.03. The molecule has 0 saturated carbocycles. The van der Waals surface area contributed by atoms with Crippen molar-refractivity contribution in [1.29, 1.82) is 0 Å². The Morgan fingerprint density at radius 3 is 2.94 bits per heavy atom. The van der Waals surface area contributed by atoms with E-state index < -0.39 is 11.6 Å². The molecule has 0 aliphatic carbocycles. The van der Waals surface area contributed by atoms with E-state index in [1.54, 1.807) is 0 Å². The van der Waals surface area contributed by atoms with Crippen LogP contribution in [0.25, 0.3) is 5.69 Å². The first-order valence-corrected chi connectivity index (χ1v) is 5.78. The lowest BCUT2D eigenvalue weighted by molar-refractivity contribution is 0.574. The van der Waals surface area contributed by atoms with Crippen LogP contribution < -0.4 is 5.32 Å². The van der Waals surface area contributed by atoms with Crippen LogP contribution in [0.5, 0.6) is 0 Å². The summed E-state index contributed by atoms with van der Waals surface area (Å²) in [6, 6.07) is 3.26.